The summed E-state index contributed by atoms with van der Waals surface area (Å²) < 4.78 is 5.75. The molecule has 0 amide bonds. The van der Waals surface area contributed by atoms with Gasteiger partial charge in [-0.3, -0.25) is 4.90 Å². The third-order valence-electron chi connectivity index (χ3n) is 3.44. The predicted molar refractivity (Wildman–Crippen MR) is 77.2 cm³/mol. The molecule has 1 heterocycles. The number of hydrogen-bond acceptors (Lipinski definition) is 5. The second-order valence-corrected chi connectivity index (χ2v) is 4.84. The smallest absolute Gasteiger partial charge is 0.247 e. The fourth-order valence-electron chi connectivity index (χ4n) is 2.13. The van der Waals surface area contributed by atoms with Crippen molar-refractivity contribution in [2.75, 3.05) is 19.7 Å². The first-order chi connectivity index (χ1) is 9.65. The van der Waals surface area contributed by atoms with E-state index in [9.17, 15) is 0 Å². The van der Waals surface area contributed by atoms with Crippen molar-refractivity contribution < 1.29 is 9.52 Å². The van der Waals surface area contributed by atoms with Crippen LogP contribution in [0.5, 0.6) is 0 Å². The van der Waals surface area contributed by atoms with Gasteiger partial charge in [0.25, 0.3) is 0 Å². The highest BCUT2D eigenvalue weighted by molar-refractivity contribution is 5.52. The van der Waals surface area contributed by atoms with E-state index in [4.69, 9.17) is 9.52 Å². The molecule has 2 aromatic rings. The van der Waals surface area contributed by atoms with Crippen LogP contribution in [0.1, 0.15) is 31.3 Å². The lowest BCUT2D eigenvalue weighted by Crippen LogP contribution is -2.29. The molecule has 20 heavy (non-hydrogen) atoms. The summed E-state index contributed by atoms with van der Waals surface area (Å²) in [5.41, 5.74) is 2.12. The molecular formula is C15H21N3O2. The van der Waals surface area contributed by atoms with Crippen LogP contribution in [0.2, 0.25) is 0 Å². The lowest BCUT2D eigenvalue weighted by atomic mass is 10.1. The maximum absolute atomic E-state index is 9.06. The highest BCUT2D eigenvalue weighted by atomic mass is 16.4. The predicted octanol–water partition coefficient (Wildman–Crippen LogP) is 2.42. The number of aliphatic hydroxyl groups excluding tert-OH is 1. The topological polar surface area (TPSA) is 62.4 Å². The monoisotopic (exact) mass is 275 g/mol. The van der Waals surface area contributed by atoms with Crippen LogP contribution in [0, 0.1) is 6.92 Å². The normalized spacial score (nSPS) is 12.8. The van der Waals surface area contributed by atoms with E-state index < -0.39 is 0 Å². The molecule has 0 saturated carbocycles. The Labute approximate surface area is 119 Å². The van der Waals surface area contributed by atoms with Crippen LogP contribution in [0.15, 0.2) is 28.7 Å². The number of hydrogen-bond donors (Lipinski definition) is 1. The van der Waals surface area contributed by atoms with E-state index in [1.54, 1.807) is 0 Å². The largest absolute Gasteiger partial charge is 0.419 e. The second-order valence-electron chi connectivity index (χ2n) is 4.84. The lowest BCUT2D eigenvalue weighted by molar-refractivity contribution is 0.149. The Bertz CT molecular complexity index is 536. The minimum Gasteiger partial charge on any atom is -0.419 e. The first-order valence-corrected chi connectivity index (χ1v) is 6.91. The van der Waals surface area contributed by atoms with Crippen molar-refractivity contribution in [1.82, 2.24) is 15.1 Å². The molecule has 108 valence electrons. The van der Waals surface area contributed by atoms with Gasteiger partial charge in [0.1, 0.15) is 0 Å². The molecule has 0 aliphatic carbocycles. The van der Waals surface area contributed by atoms with Crippen molar-refractivity contribution in [3.63, 3.8) is 0 Å². The fraction of sp³-hybridized carbons (Fsp3) is 0.467. The molecule has 1 unspecified atom stereocenters. The lowest BCUT2D eigenvalue weighted by Gasteiger charge is -2.23. The van der Waals surface area contributed by atoms with E-state index in [2.05, 4.69) is 15.1 Å². The van der Waals surface area contributed by atoms with E-state index in [1.807, 2.05) is 45.0 Å². The Balaban J connectivity index is 2.17. The number of aryl methyl sites for hydroxylation is 1. The van der Waals surface area contributed by atoms with E-state index >= 15 is 0 Å². The summed E-state index contributed by atoms with van der Waals surface area (Å²) in [4.78, 5) is 2.09. The Morgan fingerprint density at radius 2 is 1.95 bits per heavy atom. The van der Waals surface area contributed by atoms with Gasteiger partial charge in [-0.05, 0) is 32.5 Å². The Morgan fingerprint density at radius 3 is 2.55 bits per heavy atom. The van der Waals surface area contributed by atoms with Crippen molar-refractivity contribution in [3.8, 4) is 11.5 Å². The van der Waals surface area contributed by atoms with Crippen LogP contribution in [-0.2, 0) is 0 Å². The molecule has 0 saturated heterocycles. The molecule has 0 bridgehead atoms. The zero-order valence-electron chi connectivity index (χ0n) is 12.2. The van der Waals surface area contributed by atoms with Gasteiger partial charge in [0.15, 0.2) is 0 Å². The Morgan fingerprint density at radius 1 is 1.25 bits per heavy atom. The van der Waals surface area contributed by atoms with Crippen LogP contribution in [0.25, 0.3) is 11.5 Å². The summed E-state index contributed by atoms with van der Waals surface area (Å²) in [7, 11) is 0. The zero-order chi connectivity index (χ0) is 14.5. The van der Waals surface area contributed by atoms with Gasteiger partial charge in [0.05, 0.1) is 12.6 Å². The van der Waals surface area contributed by atoms with Crippen molar-refractivity contribution in [2.45, 2.75) is 26.8 Å². The fourth-order valence-corrected chi connectivity index (χ4v) is 2.13. The number of aromatic nitrogens is 2. The average molecular weight is 275 g/mol. The van der Waals surface area contributed by atoms with Crippen LogP contribution in [0.3, 0.4) is 0 Å². The first kappa shape index (κ1) is 14.7. The number of nitrogens with zero attached hydrogens (tertiary/aromatic N) is 3. The van der Waals surface area contributed by atoms with Gasteiger partial charge in [-0.1, -0.05) is 24.6 Å². The second kappa shape index (κ2) is 6.63. The molecule has 1 atom stereocenters. The van der Waals surface area contributed by atoms with Gasteiger partial charge in [-0.25, -0.2) is 0 Å². The third-order valence-corrected chi connectivity index (χ3v) is 3.44. The van der Waals surface area contributed by atoms with Crippen LogP contribution in [-0.4, -0.2) is 39.9 Å². The molecule has 0 aliphatic rings. The van der Waals surface area contributed by atoms with Crippen molar-refractivity contribution in [1.29, 1.82) is 0 Å². The van der Waals surface area contributed by atoms with Gasteiger partial charge < -0.3 is 9.52 Å². The van der Waals surface area contributed by atoms with E-state index in [1.165, 1.54) is 5.56 Å². The maximum atomic E-state index is 9.06. The number of rotatable bonds is 6. The van der Waals surface area contributed by atoms with Gasteiger partial charge in [-0.15, -0.1) is 10.2 Å². The summed E-state index contributed by atoms with van der Waals surface area (Å²) in [6.07, 6.45) is 0. The van der Waals surface area contributed by atoms with Crippen molar-refractivity contribution in [2.24, 2.45) is 0 Å². The molecular weight excluding hydrogens is 254 g/mol. The molecule has 5 heteroatoms. The third kappa shape index (κ3) is 3.23. The SMILES string of the molecule is CCN(CCO)C(C)c1nnc(-c2ccc(C)cc2)o1. The summed E-state index contributed by atoms with van der Waals surface area (Å²) in [6, 6.07) is 7.99. The maximum Gasteiger partial charge on any atom is 0.247 e. The molecule has 2 rings (SSSR count). The Hall–Kier alpha value is -1.72. The number of aliphatic hydroxyl groups is 1. The first-order valence-electron chi connectivity index (χ1n) is 6.91. The summed E-state index contributed by atoms with van der Waals surface area (Å²) in [5, 5.41) is 17.3. The minimum absolute atomic E-state index is 0.00107. The van der Waals surface area contributed by atoms with Crippen molar-refractivity contribution in [3.05, 3.63) is 35.7 Å². The minimum atomic E-state index is -0.00107. The molecule has 5 nitrogen and oxygen atoms in total. The highest BCUT2D eigenvalue weighted by Gasteiger charge is 2.20. The molecule has 1 aromatic heterocycles. The standard InChI is InChI=1S/C15H21N3O2/c1-4-18(9-10-19)12(3)14-16-17-15(20-14)13-7-5-11(2)6-8-13/h5-8,12,19H,4,9-10H2,1-3H3. The summed E-state index contributed by atoms with van der Waals surface area (Å²) in [5.74, 6) is 1.11. The van der Waals surface area contributed by atoms with E-state index in [0.29, 0.717) is 18.3 Å². The van der Waals surface area contributed by atoms with Gasteiger partial charge in [0, 0.05) is 12.1 Å². The van der Waals surface area contributed by atoms with Crippen molar-refractivity contribution >= 4 is 0 Å². The molecule has 1 aromatic carbocycles. The van der Waals surface area contributed by atoms with E-state index in [-0.39, 0.29) is 12.6 Å². The Kier molecular flexibility index (Phi) is 4.87. The molecule has 0 aliphatic heterocycles. The van der Waals surface area contributed by atoms with Crippen LogP contribution >= 0.6 is 0 Å². The number of likely N-dealkylation sites (N-methyl/N-ethyl adjacent to an activating group) is 1. The molecule has 0 radical (unpaired) electrons. The molecule has 0 spiro atoms. The van der Waals surface area contributed by atoms with Crippen LogP contribution < -0.4 is 0 Å². The molecule has 0 fully saturated rings. The van der Waals surface area contributed by atoms with Gasteiger partial charge in [-0.2, -0.15) is 0 Å². The van der Waals surface area contributed by atoms with Crippen LogP contribution in [0.4, 0.5) is 0 Å². The quantitative estimate of drug-likeness (QED) is 0.877. The van der Waals surface area contributed by atoms with E-state index in [0.717, 1.165) is 12.1 Å². The summed E-state index contributed by atoms with van der Waals surface area (Å²) in [6.45, 7) is 7.63. The van der Waals surface area contributed by atoms with Gasteiger partial charge in [0.2, 0.25) is 11.8 Å². The zero-order valence-corrected chi connectivity index (χ0v) is 12.2. The highest BCUT2D eigenvalue weighted by Crippen LogP contribution is 2.23. The number of benzene rings is 1. The molecule has 1 N–H and O–H groups in total. The average Bonchev–Trinajstić information content (AvgIpc) is 2.94. The summed E-state index contributed by atoms with van der Waals surface area (Å²) >= 11 is 0. The van der Waals surface area contributed by atoms with Gasteiger partial charge >= 0.3 is 0 Å².